The lowest BCUT2D eigenvalue weighted by atomic mass is 9.96. The quantitative estimate of drug-likeness (QED) is 0.414. The van der Waals surface area contributed by atoms with Gasteiger partial charge in [0.2, 0.25) is 5.88 Å². The minimum absolute atomic E-state index is 0.486. The van der Waals surface area contributed by atoms with Crippen molar-refractivity contribution in [2.45, 2.75) is 19.8 Å². The summed E-state index contributed by atoms with van der Waals surface area (Å²) in [7, 11) is 0. The van der Waals surface area contributed by atoms with Gasteiger partial charge in [-0.25, -0.2) is 4.98 Å². The van der Waals surface area contributed by atoms with E-state index < -0.39 is 0 Å². The summed E-state index contributed by atoms with van der Waals surface area (Å²) in [5, 5.41) is 4.61. The highest BCUT2D eigenvalue weighted by atomic mass is 16.5. The Morgan fingerprint density at radius 1 is 0.833 bits per heavy atom. The number of aromatic nitrogens is 1. The molecule has 0 aliphatic heterocycles. The fourth-order valence-corrected chi connectivity index (χ4v) is 3.02. The van der Waals surface area contributed by atoms with Crippen LogP contribution in [0.3, 0.4) is 0 Å². The Kier molecular flexibility index (Phi) is 3.66. The number of fused-ring (bicyclic) bond motifs is 3. The van der Waals surface area contributed by atoms with E-state index in [9.17, 15) is 0 Å². The van der Waals surface area contributed by atoms with E-state index in [0.717, 1.165) is 16.5 Å². The van der Waals surface area contributed by atoms with Crippen molar-refractivity contribution in [3.05, 3.63) is 78.5 Å². The van der Waals surface area contributed by atoms with E-state index in [1.807, 2.05) is 36.4 Å². The zero-order chi connectivity index (χ0) is 16.5. The van der Waals surface area contributed by atoms with Crippen LogP contribution < -0.4 is 4.74 Å². The predicted octanol–water partition coefficient (Wildman–Crippen LogP) is 6.30. The lowest BCUT2D eigenvalue weighted by Crippen LogP contribution is -1.92. The van der Waals surface area contributed by atoms with Gasteiger partial charge in [-0.2, -0.15) is 0 Å². The van der Waals surface area contributed by atoms with E-state index in [4.69, 9.17) is 4.74 Å². The van der Waals surface area contributed by atoms with Crippen molar-refractivity contribution >= 4 is 21.5 Å². The predicted molar refractivity (Wildman–Crippen MR) is 99.9 cm³/mol. The van der Waals surface area contributed by atoms with E-state index in [-0.39, 0.29) is 0 Å². The van der Waals surface area contributed by atoms with Gasteiger partial charge >= 0.3 is 0 Å². The minimum Gasteiger partial charge on any atom is -0.438 e. The summed E-state index contributed by atoms with van der Waals surface area (Å²) in [4.78, 5) is 4.50. The zero-order valence-electron chi connectivity index (χ0n) is 13.9. The summed E-state index contributed by atoms with van der Waals surface area (Å²) in [6.07, 6.45) is 1.80. The molecular weight excluding hydrogens is 294 g/mol. The molecule has 3 aromatic carbocycles. The molecule has 2 heteroatoms. The second-order valence-corrected chi connectivity index (χ2v) is 6.33. The van der Waals surface area contributed by atoms with Gasteiger partial charge in [0.1, 0.15) is 5.75 Å². The van der Waals surface area contributed by atoms with Crippen molar-refractivity contribution < 1.29 is 4.74 Å². The molecule has 1 heterocycles. The molecule has 0 fully saturated rings. The van der Waals surface area contributed by atoms with Crippen molar-refractivity contribution in [3.63, 3.8) is 0 Å². The standard InChI is InChI=1S/C22H19NO/c1-15(2)18-11-9-16-8-10-17-12-13-23-22(21(17)20(16)14-18)24-19-6-4-3-5-7-19/h3-15H,1-2H3. The molecule has 0 unspecified atom stereocenters. The van der Waals surface area contributed by atoms with Gasteiger partial charge < -0.3 is 4.74 Å². The molecule has 0 amide bonds. The smallest absolute Gasteiger partial charge is 0.227 e. The van der Waals surface area contributed by atoms with Gasteiger partial charge in [0, 0.05) is 6.20 Å². The van der Waals surface area contributed by atoms with E-state index >= 15 is 0 Å². The van der Waals surface area contributed by atoms with E-state index in [0.29, 0.717) is 11.8 Å². The second-order valence-electron chi connectivity index (χ2n) is 6.33. The molecule has 2 nitrogen and oxygen atoms in total. The largest absolute Gasteiger partial charge is 0.438 e. The van der Waals surface area contributed by atoms with Crippen LogP contribution in [0.4, 0.5) is 0 Å². The molecule has 0 atom stereocenters. The molecule has 0 aliphatic rings. The van der Waals surface area contributed by atoms with Crippen LogP contribution >= 0.6 is 0 Å². The van der Waals surface area contributed by atoms with Gasteiger partial charge in [0.05, 0.1) is 5.39 Å². The first-order valence-corrected chi connectivity index (χ1v) is 8.26. The lowest BCUT2D eigenvalue weighted by molar-refractivity contribution is 0.469. The average Bonchev–Trinajstić information content (AvgIpc) is 2.62. The molecule has 24 heavy (non-hydrogen) atoms. The summed E-state index contributed by atoms with van der Waals surface area (Å²) in [6, 6.07) is 22.8. The molecule has 0 spiro atoms. The first kappa shape index (κ1) is 14.7. The summed E-state index contributed by atoms with van der Waals surface area (Å²) < 4.78 is 6.09. The number of pyridine rings is 1. The van der Waals surface area contributed by atoms with Crippen molar-refractivity contribution in [1.29, 1.82) is 0 Å². The van der Waals surface area contributed by atoms with Crippen LogP contribution in [0.1, 0.15) is 25.3 Å². The lowest BCUT2D eigenvalue weighted by Gasteiger charge is -2.12. The monoisotopic (exact) mass is 313 g/mol. The Bertz CT molecular complexity index is 1010. The Morgan fingerprint density at radius 2 is 1.58 bits per heavy atom. The number of para-hydroxylation sites is 1. The highest BCUT2D eigenvalue weighted by Gasteiger charge is 2.10. The molecule has 0 saturated carbocycles. The maximum atomic E-state index is 6.09. The molecule has 0 N–H and O–H groups in total. The van der Waals surface area contributed by atoms with Crippen LogP contribution in [-0.2, 0) is 0 Å². The molecule has 118 valence electrons. The summed E-state index contributed by atoms with van der Waals surface area (Å²) in [5.41, 5.74) is 1.32. The maximum Gasteiger partial charge on any atom is 0.227 e. The number of hydrogen-bond donors (Lipinski definition) is 0. The van der Waals surface area contributed by atoms with Crippen LogP contribution in [0.15, 0.2) is 72.9 Å². The van der Waals surface area contributed by atoms with Crippen molar-refractivity contribution in [2.24, 2.45) is 0 Å². The molecule has 0 aliphatic carbocycles. The van der Waals surface area contributed by atoms with Gasteiger partial charge in [-0.3, -0.25) is 0 Å². The Labute approximate surface area is 141 Å². The SMILES string of the molecule is CC(C)c1ccc2ccc3ccnc(Oc4ccccc4)c3c2c1. The molecule has 4 aromatic rings. The third kappa shape index (κ3) is 2.61. The Balaban J connectivity index is 1.97. The molecule has 1 aromatic heterocycles. The minimum atomic E-state index is 0.486. The topological polar surface area (TPSA) is 22.1 Å². The van der Waals surface area contributed by atoms with Crippen LogP contribution in [-0.4, -0.2) is 4.98 Å². The van der Waals surface area contributed by atoms with Crippen molar-refractivity contribution in [1.82, 2.24) is 4.98 Å². The number of benzene rings is 3. The third-order valence-corrected chi connectivity index (χ3v) is 4.36. The fraction of sp³-hybridized carbons (Fsp3) is 0.136. The van der Waals surface area contributed by atoms with E-state index in [1.54, 1.807) is 6.20 Å². The fourth-order valence-electron chi connectivity index (χ4n) is 3.02. The molecule has 0 bridgehead atoms. The van der Waals surface area contributed by atoms with Gasteiger partial charge in [0.25, 0.3) is 0 Å². The van der Waals surface area contributed by atoms with Crippen LogP contribution in [0.5, 0.6) is 11.6 Å². The number of nitrogens with zero attached hydrogens (tertiary/aromatic N) is 1. The normalized spacial score (nSPS) is 11.3. The molecule has 0 radical (unpaired) electrons. The van der Waals surface area contributed by atoms with E-state index in [1.165, 1.54) is 16.3 Å². The first-order chi connectivity index (χ1) is 11.7. The van der Waals surface area contributed by atoms with Gasteiger partial charge in [0.15, 0.2) is 0 Å². The second kappa shape index (κ2) is 5.97. The van der Waals surface area contributed by atoms with E-state index in [2.05, 4.69) is 49.2 Å². The van der Waals surface area contributed by atoms with Gasteiger partial charge in [-0.15, -0.1) is 0 Å². The van der Waals surface area contributed by atoms with Crippen LogP contribution in [0, 0.1) is 0 Å². The van der Waals surface area contributed by atoms with Crippen molar-refractivity contribution in [3.8, 4) is 11.6 Å². The van der Waals surface area contributed by atoms with Crippen LogP contribution in [0.2, 0.25) is 0 Å². The highest BCUT2D eigenvalue weighted by molar-refractivity contribution is 6.10. The maximum absolute atomic E-state index is 6.09. The zero-order valence-corrected chi connectivity index (χ0v) is 13.9. The first-order valence-electron chi connectivity index (χ1n) is 8.26. The Hall–Kier alpha value is -2.87. The van der Waals surface area contributed by atoms with Crippen molar-refractivity contribution in [2.75, 3.05) is 0 Å². The van der Waals surface area contributed by atoms with Gasteiger partial charge in [-0.05, 0) is 45.8 Å². The Morgan fingerprint density at radius 3 is 2.38 bits per heavy atom. The number of hydrogen-bond acceptors (Lipinski definition) is 2. The summed E-state index contributed by atoms with van der Waals surface area (Å²) in [5.74, 6) is 1.94. The number of ether oxygens (including phenoxy) is 1. The summed E-state index contributed by atoms with van der Waals surface area (Å²) in [6.45, 7) is 4.43. The molecular formula is C22H19NO. The summed E-state index contributed by atoms with van der Waals surface area (Å²) >= 11 is 0. The third-order valence-electron chi connectivity index (χ3n) is 4.36. The van der Waals surface area contributed by atoms with Crippen LogP contribution in [0.25, 0.3) is 21.5 Å². The highest BCUT2D eigenvalue weighted by Crippen LogP contribution is 2.35. The average molecular weight is 313 g/mol. The van der Waals surface area contributed by atoms with Gasteiger partial charge in [-0.1, -0.05) is 62.4 Å². The number of rotatable bonds is 3. The molecule has 4 rings (SSSR count). The molecule has 0 saturated heterocycles.